The molecule has 1 aliphatic heterocycles. The maximum absolute atomic E-state index is 7.17. The van der Waals surface area contributed by atoms with E-state index in [2.05, 4.69) is 246 Å². The third-order valence-corrected chi connectivity index (χ3v) is 16.4. The minimum absolute atomic E-state index is 0.269. The van der Waals surface area contributed by atoms with Crippen molar-refractivity contribution in [3.05, 3.63) is 263 Å². The van der Waals surface area contributed by atoms with Crippen LogP contribution in [0.1, 0.15) is 72.2 Å². The van der Waals surface area contributed by atoms with Gasteiger partial charge in [-0.25, -0.2) is 0 Å². The van der Waals surface area contributed by atoms with Crippen molar-refractivity contribution >= 4 is 21.5 Å². The molecule has 14 rings (SSSR count). The lowest BCUT2D eigenvalue weighted by atomic mass is 9.68. The second-order valence-corrected chi connectivity index (χ2v) is 20.3. The molecule has 0 aromatic heterocycles. The van der Waals surface area contributed by atoms with Crippen LogP contribution < -0.4 is 9.47 Å². The number of ether oxygens (including phenoxy) is 2. The molecule has 2 aliphatic carbocycles. The van der Waals surface area contributed by atoms with E-state index in [1.54, 1.807) is 0 Å². The maximum Gasteiger partial charge on any atom is 0.139 e. The average molecular weight is 925 g/mol. The van der Waals surface area contributed by atoms with Gasteiger partial charge in [0.15, 0.2) is 0 Å². The van der Waals surface area contributed by atoms with Crippen LogP contribution in [0, 0.1) is 0 Å². The molecule has 0 radical (unpaired) electrons. The zero-order valence-electron chi connectivity index (χ0n) is 41.0. The van der Waals surface area contributed by atoms with Crippen LogP contribution in [0.15, 0.2) is 218 Å². The maximum atomic E-state index is 7.17. The molecular formula is C70H52O2. The van der Waals surface area contributed by atoms with E-state index in [4.69, 9.17) is 9.47 Å². The fourth-order valence-electron chi connectivity index (χ4n) is 13.2. The first-order chi connectivity index (χ1) is 35.4. The zero-order valence-corrected chi connectivity index (χ0v) is 41.0. The molecule has 0 amide bonds. The fourth-order valence-corrected chi connectivity index (χ4v) is 13.2. The number of hydrogen-bond acceptors (Lipinski definition) is 2. The number of rotatable bonds is 7. The van der Waals surface area contributed by atoms with Gasteiger partial charge in [0.2, 0.25) is 0 Å². The number of aryl methyl sites for hydroxylation is 2. The summed E-state index contributed by atoms with van der Waals surface area (Å²) < 4.78 is 14.2. The van der Waals surface area contributed by atoms with Crippen LogP contribution in [0.2, 0.25) is 0 Å². The van der Waals surface area contributed by atoms with Crippen molar-refractivity contribution in [2.24, 2.45) is 0 Å². The van der Waals surface area contributed by atoms with Crippen molar-refractivity contribution in [1.82, 2.24) is 0 Å². The normalized spacial score (nSPS) is 14.0. The summed E-state index contributed by atoms with van der Waals surface area (Å²) in [5.74, 6) is 3.63. The molecule has 0 atom stereocenters. The first-order valence-electron chi connectivity index (χ1n) is 25.6. The largest absolute Gasteiger partial charge is 0.456 e. The van der Waals surface area contributed by atoms with Gasteiger partial charge in [0.25, 0.3) is 0 Å². The first-order valence-corrected chi connectivity index (χ1v) is 25.6. The van der Waals surface area contributed by atoms with Gasteiger partial charge in [-0.15, -0.1) is 0 Å². The smallest absolute Gasteiger partial charge is 0.139 e. The number of benzene rings is 11. The zero-order chi connectivity index (χ0) is 48.3. The van der Waals surface area contributed by atoms with Crippen molar-refractivity contribution in [2.45, 2.75) is 51.4 Å². The molecule has 3 aliphatic rings. The summed E-state index contributed by atoms with van der Waals surface area (Å²) >= 11 is 0. The molecular weight excluding hydrogens is 873 g/mol. The summed E-state index contributed by atoms with van der Waals surface area (Å²) in [7, 11) is 0. The highest BCUT2D eigenvalue weighted by atomic mass is 16.5. The Balaban J connectivity index is 1.12. The number of hydrogen-bond donors (Lipinski definition) is 0. The second kappa shape index (κ2) is 16.0. The van der Waals surface area contributed by atoms with E-state index < -0.39 is 5.41 Å². The van der Waals surface area contributed by atoms with Gasteiger partial charge in [-0.1, -0.05) is 228 Å². The van der Waals surface area contributed by atoms with Gasteiger partial charge >= 0.3 is 0 Å². The van der Waals surface area contributed by atoms with E-state index in [0.717, 1.165) is 58.1 Å². The van der Waals surface area contributed by atoms with Gasteiger partial charge in [-0.2, -0.15) is 0 Å². The number of para-hydroxylation sites is 4. The minimum atomic E-state index is -0.548. The molecule has 2 nitrogen and oxygen atoms in total. The first kappa shape index (κ1) is 42.4. The summed E-state index contributed by atoms with van der Waals surface area (Å²) in [4.78, 5) is 0. The Morgan fingerprint density at radius 1 is 0.375 bits per heavy atom. The Morgan fingerprint density at radius 3 is 1.51 bits per heavy atom. The summed E-state index contributed by atoms with van der Waals surface area (Å²) in [5.41, 5.74) is 21.3. The van der Waals surface area contributed by atoms with Crippen LogP contribution >= 0.6 is 0 Å². The van der Waals surface area contributed by atoms with Crippen LogP contribution in [0.3, 0.4) is 0 Å². The highest BCUT2D eigenvalue weighted by Crippen LogP contribution is 2.65. The van der Waals surface area contributed by atoms with Crippen LogP contribution in [0.4, 0.5) is 0 Å². The van der Waals surface area contributed by atoms with E-state index >= 15 is 0 Å². The van der Waals surface area contributed by atoms with Crippen molar-refractivity contribution in [1.29, 1.82) is 0 Å². The van der Waals surface area contributed by atoms with Gasteiger partial charge in [-0.05, 0) is 130 Å². The van der Waals surface area contributed by atoms with Crippen LogP contribution in [0.25, 0.3) is 77.2 Å². The predicted octanol–water partition coefficient (Wildman–Crippen LogP) is 18.7. The molecule has 2 heteroatoms. The fraction of sp³-hybridized carbons (Fsp3) is 0.114. The molecule has 0 fully saturated rings. The lowest BCUT2D eigenvalue weighted by Crippen LogP contribution is -2.26. The summed E-state index contributed by atoms with van der Waals surface area (Å²) in [6.07, 6.45) is 1.71. The van der Waals surface area contributed by atoms with Crippen LogP contribution in [-0.4, -0.2) is 0 Å². The molecule has 0 saturated carbocycles. The van der Waals surface area contributed by atoms with Crippen molar-refractivity contribution in [2.75, 3.05) is 0 Å². The Labute approximate surface area is 421 Å². The van der Waals surface area contributed by atoms with Gasteiger partial charge in [0.05, 0.1) is 5.41 Å². The molecule has 0 unspecified atom stereocenters. The third-order valence-electron chi connectivity index (χ3n) is 16.4. The summed E-state index contributed by atoms with van der Waals surface area (Å²) in [5, 5.41) is 4.72. The Morgan fingerprint density at radius 2 is 0.833 bits per heavy atom. The van der Waals surface area contributed by atoms with Crippen molar-refractivity contribution in [3.8, 4) is 78.6 Å². The Kier molecular flexibility index (Phi) is 9.45. The van der Waals surface area contributed by atoms with E-state index in [9.17, 15) is 0 Å². The highest BCUT2D eigenvalue weighted by molar-refractivity contribution is 6.20. The lowest BCUT2D eigenvalue weighted by molar-refractivity contribution is 0.419. The molecule has 72 heavy (non-hydrogen) atoms. The van der Waals surface area contributed by atoms with Crippen molar-refractivity contribution in [3.63, 3.8) is 0 Å². The topological polar surface area (TPSA) is 18.5 Å². The number of fused-ring (bicyclic) bond motifs is 14. The summed E-state index contributed by atoms with van der Waals surface area (Å²) in [6.45, 7) is 9.07. The Hall–Kier alpha value is -8.46. The molecule has 11 aromatic rings. The van der Waals surface area contributed by atoms with Gasteiger partial charge in [-0.3, -0.25) is 0 Å². The van der Waals surface area contributed by atoms with Crippen LogP contribution in [0.5, 0.6) is 23.0 Å². The van der Waals surface area contributed by atoms with Crippen LogP contribution in [-0.2, 0) is 23.7 Å². The highest BCUT2D eigenvalue weighted by Gasteiger charge is 2.53. The minimum Gasteiger partial charge on any atom is -0.456 e. The summed E-state index contributed by atoms with van der Waals surface area (Å²) in [6, 6.07) is 81.2. The standard InChI is InChI=1S/C70H52O2/c1-5-43-22-7-15-40-63(43)71-67-44(6-2)23-17-32-53(67)45-27-18-29-50-56(45)42-57-46(54-33-21-39-62-68(54)72-64-41-16-14-38-61(64)69(62,3)4)28-19-30-51(57)65(50)55-34-20-31-52-49-26-10-13-37-60(49)70(66(52)55)58-35-11-8-24-47(58)48-25-9-12-36-59(48)70/h7-42H,5-6H2,1-4H3. The molecule has 344 valence electrons. The van der Waals surface area contributed by atoms with E-state index in [0.29, 0.717) is 0 Å². The van der Waals surface area contributed by atoms with E-state index in [1.165, 1.54) is 99.4 Å². The second-order valence-electron chi connectivity index (χ2n) is 20.3. The lowest BCUT2D eigenvalue weighted by Gasteiger charge is -2.35. The predicted molar refractivity (Wildman–Crippen MR) is 298 cm³/mol. The molecule has 1 heterocycles. The molecule has 11 aromatic carbocycles. The van der Waals surface area contributed by atoms with E-state index in [1.807, 2.05) is 0 Å². The molecule has 0 saturated heterocycles. The van der Waals surface area contributed by atoms with E-state index in [-0.39, 0.29) is 5.41 Å². The quantitative estimate of drug-likeness (QED) is 0.148. The van der Waals surface area contributed by atoms with Crippen molar-refractivity contribution < 1.29 is 9.47 Å². The molecule has 0 bridgehead atoms. The molecule has 0 N–H and O–H groups in total. The third kappa shape index (κ3) is 5.84. The van der Waals surface area contributed by atoms with Gasteiger partial charge in [0, 0.05) is 27.7 Å². The average Bonchev–Trinajstić information content (AvgIpc) is 3.90. The monoisotopic (exact) mass is 924 g/mol. The van der Waals surface area contributed by atoms with Gasteiger partial charge < -0.3 is 9.47 Å². The Bertz CT molecular complexity index is 3990. The van der Waals surface area contributed by atoms with Gasteiger partial charge in [0.1, 0.15) is 23.0 Å². The SMILES string of the molecule is CCc1ccccc1Oc1c(CC)cccc1-c1cccc2c(-c3cccc4c3C3(c5ccccc5-c5ccccc53)c3ccccc3-4)c3cccc(-c4cccc5c4Oc4ccccc4C5(C)C)c3cc12. The molecule has 1 spiro atoms.